The van der Waals surface area contributed by atoms with Gasteiger partial charge in [0.25, 0.3) is 5.69 Å². The van der Waals surface area contributed by atoms with Gasteiger partial charge in [0.1, 0.15) is 5.69 Å². The van der Waals surface area contributed by atoms with Crippen molar-refractivity contribution in [2.45, 2.75) is 26.9 Å². The van der Waals surface area contributed by atoms with Gasteiger partial charge in [0.05, 0.1) is 17.2 Å². The van der Waals surface area contributed by atoms with Crippen LogP contribution in [0.25, 0.3) is 0 Å². The van der Waals surface area contributed by atoms with Crippen LogP contribution >= 0.6 is 0 Å². The normalized spacial score (nSPS) is 10.6. The number of nitro benzene ring substituents is 1. The van der Waals surface area contributed by atoms with Crippen LogP contribution in [0.2, 0.25) is 0 Å². The lowest BCUT2D eigenvalue weighted by molar-refractivity contribution is -0.384. The molecule has 28 heavy (non-hydrogen) atoms. The highest BCUT2D eigenvalue weighted by atomic mass is 16.6. The summed E-state index contributed by atoms with van der Waals surface area (Å²) in [5.74, 6) is -0.705. The van der Waals surface area contributed by atoms with Gasteiger partial charge in [-0.1, -0.05) is 30.3 Å². The van der Waals surface area contributed by atoms with E-state index in [1.807, 2.05) is 48.9 Å². The first-order valence-electron chi connectivity index (χ1n) is 8.75. The number of aromatic nitrogens is 2. The number of carbonyl (C=O) groups excluding carboxylic acids is 1. The number of nitrogens with two attached hydrogens (primary N) is 1. The number of hydrogen-bond acceptors (Lipinski definition) is 5. The monoisotopic (exact) mass is 379 g/mol. The Bertz CT molecular complexity index is 1030. The number of nitro groups is 1. The second kappa shape index (κ2) is 7.91. The predicted octanol–water partition coefficient (Wildman–Crippen LogP) is 3.17. The molecule has 0 saturated heterocycles. The molecule has 0 aliphatic rings. The molecule has 0 atom stereocenters. The van der Waals surface area contributed by atoms with E-state index in [4.69, 9.17) is 5.73 Å². The van der Waals surface area contributed by atoms with Crippen molar-refractivity contribution >= 4 is 17.3 Å². The van der Waals surface area contributed by atoms with Crippen LogP contribution in [0.5, 0.6) is 0 Å². The summed E-state index contributed by atoms with van der Waals surface area (Å²) in [5.41, 5.74) is 9.41. The quantitative estimate of drug-likeness (QED) is 0.483. The molecule has 3 N–H and O–H groups in total. The number of carbonyl (C=O) groups is 1. The molecule has 1 aromatic heterocycles. The topological polar surface area (TPSA) is 116 Å². The van der Waals surface area contributed by atoms with Crippen molar-refractivity contribution < 1.29 is 9.72 Å². The summed E-state index contributed by atoms with van der Waals surface area (Å²) in [5, 5.41) is 19.0. The number of hydrogen-bond donors (Lipinski definition) is 2. The maximum absolute atomic E-state index is 11.3. The largest absolute Gasteiger partial charge is 0.375 e. The van der Waals surface area contributed by atoms with Crippen molar-refractivity contribution in [3.63, 3.8) is 0 Å². The number of rotatable bonds is 7. The summed E-state index contributed by atoms with van der Waals surface area (Å²) < 4.78 is 1.92. The second-order valence-corrected chi connectivity index (χ2v) is 6.50. The Balaban J connectivity index is 1.82. The van der Waals surface area contributed by atoms with Crippen molar-refractivity contribution in [2.24, 2.45) is 5.73 Å². The van der Waals surface area contributed by atoms with Gasteiger partial charge in [0.2, 0.25) is 5.91 Å². The average molecular weight is 379 g/mol. The van der Waals surface area contributed by atoms with Gasteiger partial charge in [-0.25, -0.2) is 0 Å². The van der Waals surface area contributed by atoms with E-state index in [0.29, 0.717) is 18.8 Å². The number of primary amides is 1. The zero-order valence-electron chi connectivity index (χ0n) is 15.7. The van der Waals surface area contributed by atoms with Crippen molar-refractivity contribution in [3.8, 4) is 0 Å². The molecule has 3 rings (SSSR count). The fourth-order valence-electron chi connectivity index (χ4n) is 3.07. The smallest absolute Gasteiger partial charge is 0.293 e. The highest BCUT2D eigenvalue weighted by Crippen LogP contribution is 2.27. The molecule has 0 spiro atoms. The number of anilines is 1. The summed E-state index contributed by atoms with van der Waals surface area (Å²) in [6.07, 6.45) is 0. The molecule has 144 valence electrons. The third-order valence-corrected chi connectivity index (χ3v) is 4.64. The van der Waals surface area contributed by atoms with Crippen LogP contribution in [-0.4, -0.2) is 20.6 Å². The van der Waals surface area contributed by atoms with Gasteiger partial charge in [-0.2, -0.15) is 5.10 Å². The van der Waals surface area contributed by atoms with E-state index in [1.54, 1.807) is 0 Å². The van der Waals surface area contributed by atoms with Gasteiger partial charge in [0.15, 0.2) is 0 Å². The Hall–Kier alpha value is -3.68. The molecule has 0 aliphatic heterocycles. The van der Waals surface area contributed by atoms with Gasteiger partial charge in [-0.3, -0.25) is 19.6 Å². The van der Waals surface area contributed by atoms with Crippen molar-refractivity contribution in [1.82, 2.24) is 9.78 Å². The second-order valence-electron chi connectivity index (χ2n) is 6.50. The number of benzene rings is 2. The Morgan fingerprint density at radius 3 is 2.57 bits per heavy atom. The maximum atomic E-state index is 11.3. The molecule has 1 amide bonds. The first-order chi connectivity index (χ1) is 13.4. The van der Waals surface area contributed by atoms with Crippen LogP contribution in [0.4, 0.5) is 11.4 Å². The predicted molar refractivity (Wildman–Crippen MR) is 106 cm³/mol. The fourth-order valence-corrected chi connectivity index (χ4v) is 3.07. The molecular weight excluding hydrogens is 358 g/mol. The van der Waals surface area contributed by atoms with Crippen molar-refractivity contribution in [1.29, 1.82) is 0 Å². The highest BCUT2D eigenvalue weighted by Gasteiger charge is 2.18. The van der Waals surface area contributed by atoms with E-state index >= 15 is 0 Å². The first-order valence-corrected chi connectivity index (χ1v) is 8.75. The summed E-state index contributed by atoms with van der Waals surface area (Å²) in [6, 6.07) is 14.2. The molecule has 8 nitrogen and oxygen atoms in total. The number of nitrogens with zero attached hydrogens (tertiary/aromatic N) is 3. The van der Waals surface area contributed by atoms with Crippen LogP contribution in [0.1, 0.15) is 32.9 Å². The molecule has 0 saturated carbocycles. The molecule has 2 aromatic carbocycles. The van der Waals surface area contributed by atoms with Crippen molar-refractivity contribution in [3.05, 3.63) is 86.7 Å². The van der Waals surface area contributed by atoms with E-state index < -0.39 is 10.8 Å². The SMILES string of the molecule is Cc1nn(Cc2ccccc2)c(C)c1CNc1ccc(C(N)=O)cc1[N+](=O)[O-]. The Morgan fingerprint density at radius 1 is 1.21 bits per heavy atom. The van der Waals surface area contributed by atoms with Crippen LogP contribution in [-0.2, 0) is 13.1 Å². The molecule has 8 heteroatoms. The maximum Gasteiger partial charge on any atom is 0.293 e. The number of nitrogens with one attached hydrogen (secondary N) is 1. The van der Waals surface area contributed by atoms with Gasteiger partial charge in [-0.15, -0.1) is 0 Å². The highest BCUT2D eigenvalue weighted by molar-refractivity contribution is 5.94. The minimum absolute atomic E-state index is 0.0975. The van der Waals surface area contributed by atoms with Crippen LogP contribution < -0.4 is 11.1 Å². The minimum Gasteiger partial charge on any atom is -0.375 e. The number of amides is 1. The molecule has 3 aromatic rings. The lowest BCUT2D eigenvalue weighted by atomic mass is 10.1. The molecular formula is C20H21N5O3. The van der Waals surface area contributed by atoms with Gasteiger partial charge in [-0.05, 0) is 31.5 Å². The summed E-state index contributed by atoms with van der Waals surface area (Å²) in [6.45, 7) is 4.92. The van der Waals surface area contributed by atoms with E-state index in [-0.39, 0.29) is 11.3 Å². The first kappa shape index (κ1) is 19.1. The van der Waals surface area contributed by atoms with Gasteiger partial charge >= 0.3 is 0 Å². The van der Waals surface area contributed by atoms with Crippen molar-refractivity contribution in [2.75, 3.05) is 5.32 Å². The number of aryl methyl sites for hydroxylation is 1. The lowest BCUT2D eigenvalue weighted by Crippen LogP contribution is -2.12. The third-order valence-electron chi connectivity index (χ3n) is 4.64. The Kier molecular flexibility index (Phi) is 5.39. The zero-order chi connectivity index (χ0) is 20.3. The minimum atomic E-state index is -0.705. The Labute approximate surface area is 162 Å². The lowest BCUT2D eigenvalue weighted by Gasteiger charge is -2.09. The molecule has 0 radical (unpaired) electrons. The van der Waals surface area contributed by atoms with Gasteiger partial charge in [0, 0.05) is 29.4 Å². The zero-order valence-corrected chi connectivity index (χ0v) is 15.7. The van der Waals surface area contributed by atoms with E-state index in [0.717, 1.165) is 22.5 Å². The molecule has 0 bridgehead atoms. The van der Waals surface area contributed by atoms with Crippen LogP contribution in [0.15, 0.2) is 48.5 Å². The van der Waals surface area contributed by atoms with Gasteiger partial charge < -0.3 is 11.1 Å². The average Bonchev–Trinajstić information content (AvgIpc) is 2.93. The molecule has 1 heterocycles. The molecule has 0 fully saturated rings. The Morgan fingerprint density at radius 2 is 1.93 bits per heavy atom. The van der Waals surface area contributed by atoms with E-state index in [2.05, 4.69) is 10.4 Å². The standard InChI is InChI=1S/C20H21N5O3/c1-13-17(14(2)24(23-13)12-15-6-4-3-5-7-15)11-22-18-9-8-16(20(21)26)10-19(18)25(27)28/h3-10,22H,11-12H2,1-2H3,(H2,21,26). The van der Waals surface area contributed by atoms with Crippen LogP contribution in [0, 0.1) is 24.0 Å². The van der Waals surface area contributed by atoms with E-state index in [9.17, 15) is 14.9 Å². The summed E-state index contributed by atoms with van der Waals surface area (Å²) >= 11 is 0. The fraction of sp³-hybridized carbons (Fsp3) is 0.200. The van der Waals surface area contributed by atoms with Crippen LogP contribution in [0.3, 0.4) is 0 Å². The third kappa shape index (κ3) is 4.01. The summed E-state index contributed by atoms with van der Waals surface area (Å²) in [4.78, 5) is 22.1. The molecule has 0 unspecified atom stereocenters. The van der Waals surface area contributed by atoms with E-state index in [1.165, 1.54) is 18.2 Å². The summed E-state index contributed by atoms with van der Waals surface area (Å²) in [7, 11) is 0. The molecule has 0 aliphatic carbocycles.